The second-order valence-corrected chi connectivity index (χ2v) is 6.70. The first kappa shape index (κ1) is 18.3. The van der Waals surface area contributed by atoms with Crippen molar-refractivity contribution in [3.8, 4) is 11.5 Å². The topological polar surface area (TPSA) is 60.4 Å². The summed E-state index contributed by atoms with van der Waals surface area (Å²) in [5.41, 5.74) is 1.79. The molecule has 1 atom stereocenters. The maximum Gasteiger partial charge on any atom is 0.226 e. The molecular formula is C20H26N2O4. The number of methoxy groups -OCH3 is 2. The van der Waals surface area contributed by atoms with Crippen molar-refractivity contribution in [1.29, 1.82) is 0 Å². The Bertz CT molecular complexity index is 697. The molecule has 1 fully saturated rings. The Kier molecular flexibility index (Phi) is 5.81. The van der Waals surface area contributed by atoms with Gasteiger partial charge in [-0.25, -0.2) is 0 Å². The van der Waals surface area contributed by atoms with Crippen molar-refractivity contribution in [2.45, 2.75) is 31.8 Å². The first-order valence-electron chi connectivity index (χ1n) is 9.01. The predicted molar refractivity (Wildman–Crippen MR) is 99.7 cm³/mol. The lowest BCUT2D eigenvalue weighted by atomic mass is 9.84. The van der Waals surface area contributed by atoms with Crippen LogP contribution in [0.3, 0.4) is 0 Å². The number of carbonyl (C=O) groups is 1. The molecule has 3 rings (SSSR count). The molecule has 6 heteroatoms. The van der Waals surface area contributed by atoms with E-state index in [9.17, 15) is 4.79 Å². The van der Waals surface area contributed by atoms with Gasteiger partial charge in [-0.2, -0.15) is 0 Å². The van der Waals surface area contributed by atoms with Crippen LogP contribution in [0, 0.1) is 5.92 Å². The summed E-state index contributed by atoms with van der Waals surface area (Å²) in [5, 5.41) is 4.23. The smallest absolute Gasteiger partial charge is 0.226 e. The standard InChI is InChI=1S/C20H26N2O4/c1-4-10-22(20(23)14-6-5-7-14)13-16-12-17(21-26-16)15-8-9-18(24-2)19(11-15)25-3/h4,8-9,11,14,16H,1,5-7,10,12-13H2,2-3H3. The minimum absolute atomic E-state index is 0.137. The Morgan fingerprint density at radius 3 is 2.73 bits per heavy atom. The molecule has 1 unspecified atom stereocenters. The minimum atomic E-state index is -0.137. The molecule has 0 saturated heterocycles. The first-order valence-corrected chi connectivity index (χ1v) is 9.01. The molecule has 2 aliphatic rings. The lowest BCUT2D eigenvalue weighted by Crippen LogP contribution is -2.43. The van der Waals surface area contributed by atoms with Gasteiger partial charge in [-0.15, -0.1) is 6.58 Å². The second-order valence-electron chi connectivity index (χ2n) is 6.70. The number of nitrogens with zero attached hydrogens (tertiary/aromatic N) is 2. The Morgan fingerprint density at radius 2 is 2.12 bits per heavy atom. The van der Waals surface area contributed by atoms with Gasteiger partial charge in [-0.05, 0) is 31.0 Å². The highest BCUT2D eigenvalue weighted by atomic mass is 16.6. The minimum Gasteiger partial charge on any atom is -0.493 e. The molecule has 1 aromatic rings. The number of amides is 1. The van der Waals surface area contributed by atoms with E-state index < -0.39 is 0 Å². The molecule has 1 saturated carbocycles. The highest BCUT2D eigenvalue weighted by Crippen LogP contribution is 2.31. The zero-order valence-electron chi connectivity index (χ0n) is 15.4. The summed E-state index contributed by atoms with van der Waals surface area (Å²) >= 11 is 0. The predicted octanol–water partition coefficient (Wildman–Crippen LogP) is 3.01. The van der Waals surface area contributed by atoms with Gasteiger partial charge in [0, 0.05) is 24.4 Å². The SMILES string of the molecule is C=CCN(CC1CC(c2ccc(OC)c(OC)c2)=NO1)C(=O)C1CCC1. The molecule has 6 nitrogen and oxygen atoms in total. The average molecular weight is 358 g/mol. The van der Waals surface area contributed by atoms with Crippen LogP contribution < -0.4 is 9.47 Å². The van der Waals surface area contributed by atoms with E-state index in [4.69, 9.17) is 14.3 Å². The molecule has 140 valence electrons. The fraction of sp³-hybridized carbons (Fsp3) is 0.500. The van der Waals surface area contributed by atoms with Crippen LogP contribution in [0.5, 0.6) is 11.5 Å². The van der Waals surface area contributed by atoms with Crippen molar-refractivity contribution in [2.75, 3.05) is 27.3 Å². The van der Waals surface area contributed by atoms with Gasteiger partial charge in [0.15, 0.2) is 17.6 Å². The molecular weight excluding hydrogens is 332 g/mol. The molecule has 1 aliphatic heterocycles. The summed E-state index contributed by atoms with van der Waals surface area (Å²) in [6.07, 6.45) is 5.41. The van der Waals surface area contributed by atoms with Gasteiger partial charge in [0.1, 0.15) is 0 Å². The number of rotatable bonds is 8. The maximum atomic E-state index is 12.6. The van der Waals surface area contributed by atoms with Gasteiger partial charge < -0.3 is 19.2 Å². The zero-order chi connectivity index (χ0) is 18.5. The maximum absolute atomic E-state index is 12.6. The van der Waals surface area contributed by atoms with E-state index in [-0.39, 0.29) is 17.9 Å². The fourth-order valence-corrected chi connectivity index (χ4v) is 3.28. The fourth-order valence-electron chi connectivity index (χ4n) is 3.28. The summed E-state index contributed by atoms with van der Waals surface area (Å²) < 4.78 is 10.6. The normalized spacial score (nSPS) is 19.2. The van der Waals surface area contributed by atoms with Crippen molar-refractivity contribution in [2.24, 2.45) is 11.1 Å². The number of benzene rings is 1. The van der Waals surface area contributed by atoms with Crippen LogP contribution in [-0.2, 0) is 9.63 Å². The Balaban J connectivity index is 1.63. The number of oxime groups is 1. The third-order valence-electron chi connectivity index (χ3n) is 4.99. The van der Waals surface area contributed by atoms with Gasteiger partial charge in [0.25, 0.3) is 0 Å². The van der Waals surface area contributed by atoms with Crippen molar-refractivity contribution >= 4 is 11.6 Å². The molecule has 26 heavy (non-hydrogen) atoms. The summed E-state index contributed by atoms with van der Waals surface area (Å²) in [6, 6.07) is 5.69. The van der Waals surface area contributed by atoms with Crippen LogP contribution >= 0.6 is 0 Å². The van der Waals surface area contributed by atoms with Crippen LogP contribution in [0.4, 0.5) is 0 Å². The van der Waals surface area contributed by atoms with Crippen molar-refractivity contribution < 1.29 is 19.1 Å². The first-order chi connectivity index (χ1) is 12.7. The van der Waals surface area contributed by atoms with E-state index in [1.807, 2.05) is 23.1 Å². The van der Waals surface area contributed by atoms with E-state index in [1.54, 1.807) is 20.3 Å². The molecule has 0 radical (unpaired) electrons. The van der Waals surface area contributed by atoms with Gasteiger partial charge in [-0.1, -0.05) is 17.7 Å². The Labute approximate surface area is 154 Å². The Morgan fingerprint density at radius 1 is 1.35 bits per heavy atom. The van der Waals surface area contributed by atoms with E-state index in [0.29, 0.717) is 31.0 Å². The third-order valence-corrected chi connectivity index (χ3v) is 4.99. The van der Waals surface area contributed by atoms with Gasteiger partial charge in [-0.3, -0.25) is 4.79 Å². The molecule has 1 amide bonds. The summed E-state index contributed by atoms with van der Waals surface area (Å²) in [4.78, 5) is 20.0. The average Bonchev–Trinajstić information content (AvgIpc) is 3.07. The number of hydrogen-bond acceptors (Lipinski definition) is 5. The van der Waals surface area contributed by atoms with Crippen molar-refractivity contribution in [1.82, 2.24) is 4.90 Å². The van der Waals surface area contributed by atoms with Crippen LogP contribution in [0.1, 0.15) is 31.2 Å². The van der Waals surface area contributed by atoms with E-state index in [0.717, 1.165) is 30.5 Å². The number of carbonyl (C=O) groups excluding carboxylic acids is 1. The second kappa shape index (κ2) is 8.25. The highest BCUT2D eigenvalue weighted by molar-refractivity contribution is 6.01. The lowest BCUT2D eigenvalue weighted by Gasteiger charge is -2.32. The van der Waals surface area contributed by atoms with Gasteiger partial charge in [0.2, 0.25) is 5.91 Å². The monoisotopic (exact) mass is 358 g/mol. The molecule has 0 aromatic heterocycles. The van der Waals surface area contributed by atoms with Gasteiger partial charge >= 0.3 is 0 Å². The Hall–Kier alpha value is -2.50. The zero-order valence-corrected chi connectivity index (χ0v) is 15.4. The van der Waals surface area contributed by atoms with Crippen LogP contribution in [0.2, 0.25) is 0 Å². The molecule has 0 spiro atoms. The van der Waals surface area contributed by atoms with E-state index >= 15 is 0 Å². The molecule has 1 heterocycles. The van der Waals surface area contributed by atoms with Crippen LogP contribution in [-0.4, -0.2) is 49.9 Å². The van der Waals surface area contributed by atoms with Gasteiger partial charge in [0.05, 0.1) is 26.5 Å². The number of hydrogen-bond donors (Lipinski definition) is 0. The molecule has 1 aromatic carbocycles. The van der Waals surface area contributed by atoms with Crippen molar-refractivity contribution in [3.63, 3.8) is 0 Å². The molecule has 0 N–H and O–H groups in total. The quantitative estimate of drug-likeness (QED) is 0.670. The van der Waals surface area contributed by atoms with Crippen LogP contribution in [0.15, 0.2) is 36.0 Å². The highest BCUT2D eigenvalue weighted by Gasteiger charge is 2.32. The lowest BCUT2D eigenvalue weighted by molar-refractivity contribution is -0.139. The molecule has 1 aliphatic carbocycles. The third kappa shape index (κ3) is 3.84. The van der Waals surface area contributed by atoms with Crippen molar-refractivity contribution in [3.05, 3.63) is 36.4 Å². The van der Waals surface area contributed by atoms with Crippen LogP contribution in [0.25, 0.3) is 0 Å². The van der Waals surface area contributed by atoms with E-state index in [2.05, 4.69) is 11.7 Å². The summed E-state index contributed by atoms with van der Waals surface area (Å²) in [6.45, 7) is 4.84. The summed E-state index contributed by atoms with van der Waals surface area (Å²) in [7, 11) is 3.22. The largest absolute Gasteiger partial charge is 0.493 e. The number of ether oxygens (including phenoxy) is 2. The van der Waals surface area contributed by atoms with E-state index in [1.165, 1.54) is 0 Å². The molecule has 0 bridgehead atoms. The summed E-state index contributed by atoms with van der Waals surface area (Å²) in [5.74, 6) is 1.71.